The van der Waals surface area contributed by atoms with Crippen molar-refractivity contribution >= 4 is 17.7 Å². The molecular formula is C28H34O8. The van der Waals surface area contributed by atoms with E-state index in [1.807, 2.05) is 27.7 Å². The average Bonchev–Trinajstić information content (AvgIpc) is 3.40. The van der Waals surface area contributed by atoms with Crippen LogP contribution in [0.5, 0.6) is 0 Å². The summed E-state index contributed by atoms with van der Waals surface area (Å²) < 4.78 is 23.0. The van der Waals surface area contributed by atoms with Gasteiger partial charge in [0.05, 0.1) is 23.3 Å². The highest BCUT2D eigenvalue weighted by atomic mass is 16.7. The van der Waals surface area contributed by atoms with Crippen LogP contribution in [0.2, 0.25) is 0 Å². The first-order valence-corrected chi connectivity index (χ1v) is 12.8. The summed E-state index contributed by atoms with van der Waals surface area (Å²) in [5, 5.41) is 12.0. The zero-order valence-corrected chi connectivity index (χ0v) is 21.6. The summed E-state index contributed by atoms with van der Waals surface area (Å²) in [6, 6.07) is 1.61. The van der Waals surface area contributed by atoms with Crippen LogP contribution in [0, 0.1) is 33.5 Å². The van der Waals surface area contributed by atoms with Crippen molar-refractivity contribution in [2.45, 2.75) is 84.9 Å². The molecule has 1 N–H and O–H groups in total. The van der Waals surface area contributed by atoms with Gasteiger partial charge in [0.25, 0.3) is 5.79 Å². The Morgan fingerprint density at radius 3 is 2.50 bits per heavy atom. The smallest absolute Gasteiger partial charge is 0.333 e. The predicted molar refractivity (Wildman–Crippen MR) is 125 cm³/mol. The number of esters is 2. The second kappa shape index (κ2) is 6.90. The molecule has 1 aromatic rings. The normalized spacial score (nSPS) is 48.4. The number of ether oxygens (including phenoxy) is 3. The molecule has 8 nitrogen and oxygen atoms in total. The Morgan fingerprint density at radius 1 is 1.14 bits per heavy atom. The number of cyclic esters (lactones) is 1. The molecule has 4 fully saturated rings. The molecule has 1 unspecified atom stereocenters. The van der Waals surface area contributed by atoms with Crippen molar-refractivity contribution in [2.75, 3.05) is 0 Å². The number of aliphatic hydroxyl groups is 1. The second-order valence-electron chi connectivity index (χ2n) is 12.7. The second-order valence-corrected chi connectivity index (χ2v) is 12.7. The van der Waals surface area contributed by atoms with Crippen molar-refractivity contribution in [3.63, 3.8) is 0 Å². The number of furan rings is 1. The number of carbonyl (C=O) groups excluding carboxylic acids is 3. The van der Waals surface area contributed by atoms with Crippen molar-refractivity contribution in [3.05, 3.63) is 35.8 Å². The van der Waals surface area contributed by atoms with Crippen LogP contribution in [0.25, 0.3) is 0 Å². The number of rotatable bonds is 2. The maximum absolute atomic E-state index is 13.2. The number of Topliss-reactive ketones (excluding diaryl/α,β-unsaturated/α-hetero) is 1. The molecule has 1 saturated heterocycles. The fourth-order valence-electron chi connectivity index (χ4n) is 9.03. The highest BCUT2D eigenvalue weighted by molar-refractivity contribution is 5.93. The van der Waals surface area contributed by atoms with Gasteiger partial charge in [0, 0.05) is 29.2 Å². The van der Waals surface area contributed by atoms with Crippen LogP contribution in [0.3, 0.4) is 0 Å². The highest BCUT2D eigenvalue weighted by Crippen LogP contribution is 2.75. The molecule has 0 radical (unpaired) electrons. The lowest BCUT2D eigenvalue weighted by atomic mass is 9.36. The molecule has 0 amide bonds. The van der Waals surface area contributed by atoms with E-state index in [-0.39, 0.29) is 29.1 Å². The third-order valence-electron chi connectivity index (χ3n) is 10.8. The monoisotopic (exact) mass is 498 g/mol. The Hall–Kier alpha value is -2.45. The van der Waals surface area contributed by atoms with Gasteiger partial charge in [-0.1, -0.05) is 27.7 Å². The predicted octanol–water partition coefficient (Wildman–Crippen LogP) is 3.66. The average molecular weight is 499 g/mol. The molecule has 3 aliphatic carbocycles. The van der Waals surface area contributed by atoms with Crippen molar-refractivity contribution in [1.29, 1.82) is 0 Å². The summed E-state index contributed by atoms with van der Waals surface area (Å²) >= 11 is 0. The minimum atomic E-state index is -1.94. The van der Waals surface area contributed by atoms with Gasteiger partial charge in [-0.25, -0.2) is 4.79 Å². The molecular weight excluding hydrogens is 464 g/mol. The summed E-state index contributed by atoms with van der Waals surface area (Å²) in [6.07, 6.45) is 4.76. The van der Waals surface area contributed by atoms with Gasteiger partial charge in [0.15, 0.2) is 5.78 Å². The molecule has 6 rings (SSSR count). The van der Waals surface area contributed by atoms with Crippen LogP contribution in [-0.4, -0.2) is 41.1 Å². The van der Waals surface area contributed by atoms with Crippen LogP contribution in [0.4, 0.5) is 0 Å². The lowest BCUT2D eigenvalue weighted by molar-refractivity contribution is -0.283. The maximum atomic E-state index is 13.2. The molecule has 1 aromatic heterocycles. The van der Waals surface area contributed by atoms with E-state index >= 15 is 0 Å². The highest BCUT2D eigenvalue weighted by Gasteiger charge is 2.78. The number of epoxide rings is 1. The van der Waals surface area contributed by atoms with Crippen molar-refractivity contribution in [3.8, 4) is 0 Å². The SMILES string of the molecule is CC(=O)O[C@@H]1CC2C(C)(C)C(=O)[C@@H]3O[C@@H]3[C@]2(C)[C@H]2CC[C@]3(C)C(=CC(=O)O[C@]3(O)c3ccoc3)[C@]12C. The molecule has 3 heterocycles. The fourth-order valence-corrected chi connectivity index (χ4v) is 9.03. The van der Waals surface area contributed by atoms with E-state index in [0.29, 0.717) is 30.4 Å². The molecule has 0 spiro atoms. The van der Waals surface area contributed by atoms with Crippen molar-refractivity contribution in [1.82, 2.24) is 0 Å². The molecule has 9 atom stereocenters. The van der Waals surface area contributed by atoms with E-state index in [1.54, 1.807) is 6.07 Å². The van der Waals surface area contributed by atoms with Crippen LogP contribution in [-0.2, 0) is 34.4 Å². The van der Waals surface area contributed by atoms with Gasteiger partial charge >= 0.3 is 11.9 Å². The summed E-state index contributed by atoms with van der Waals surface area (Å²) in [4.78, 5) is 38.7. The molecule has 2 aliphatic heterocycles. The Bertz CT molecular complexity index is 1200. The van der Waals surface area contributed by atoms with E-state index in [1.165, 1.54) is 25.5 Å². The van der Waals surface area contributed by atoms with Gasteiger partial charge in [-0.3, -0.25) is 9.59 Å². The summed E-state index contributed by atoms with van der Waals surface area (Å²) in [5.41, 5.74) is -1.74. The minimum absolute atomic E-state index is 0.0608. The lowest BCUT2D eigenvalue weighted by Gasteiger charge is -2.68. The van der Waals surface area contributed by atoms with Crippen molar-refractivity contribution in [2.24, 2.45) is 33.5 Å². The number of hydrogen-bond donors (Lipinski definition) is 1. The standard InChI is InChI=1S/C28H34O8/c1-14(29)34-19-11-17-24(2,3)22(31)21-23(35-21)27(17,6)16-7-9-25(4)18(26(16,19)5)12-20(30)36-28(25,32)15-8-10-33-13-15/h8,10,12-13,16-17,19,21,23,32H,7,9,11H2,1-6H3/t16-,17?,19+,21-,23-,25+,26+,27+,28+/m0/s1. The molecule has 3 saturated carbocycles. The number of fused-ring (bicyclic) bond motifs is 7. The Balaban J connectivity index is 1.55. The van der Waals surface area contributed by atoms with Gasteiger partial charge in [-0.05, 0) is 49.7 Å². The van der Waals surface area contributed by atoms with E-state index < -0.39 is 46.2 Å². The molecule has 194 valence electrons. The van der Waals surface area contributed by atoms with E-state index in [0.717, 1.165) is 0 Å². The van der Waals surface area contributed by atoms with Crippen LogP contribution in [0.15, 0.2) is 34.7 Å². The lowest BCUT2D eigenvalue weighted by Crippen LogP contribution is -2.69. The number of ketones is 1. The Kier molecular flexibility index (Phi) is 4.58. The molecule has 5 aliphatic rings. The Morgan fingerprint density at radius 2 is 1.86 bits per heavy atom. The van der Waals surface area contributed by atoms with E-state index in [4.69, 9.17) is 18.6 Å². The van der Waals surface area contributed by atoms with E-state index in [9.17, 15) is 19.5 Å². The number of hydrogen-bond acceptors (Lipinski definition) is 8. The molecule has 36 heavy (non-hydrogen) atoms. The van der Waals surface area contributed by atoms with E-state index in [2.05, 4.69) is 6.92 Å². The largest absolute Gasteiger partial charge is 0.472 e. The topological polar surface area (TPSA) is 116 Å². The molecule has 0 bridgehead atoms. The van der Waals surface area contributed by atoms with Gasteiger partial charge < -0.3 is 23.7 Å². The Labute approximate surface area is 210 Å². The summed E-state index contributed by atoms with van der Waals surface area (Å²) in [5.74, 6) is -3.03. The summed E-state index contributed by atoms with van der Waals surface area (Å²) in [6.45, 7) is 11.5. The van der Waals surface area contributed by atoms with Gasteiger partial charge in [-0.2, -0.15) is 0 Å². The van der Waals surface area contributed by atoms with Gasteiger partial charge in [0.2, 0.25) is 0 Å². The first-order valence-electron chi connectivity index (χ1n) is 12.8. The van der Waals surface area contributed by atoms with Crippen LogP contribution in [0.1, 0.15) is 66.4 Å². The quantitative estimate of drug-likeness (QED) is 0.485. The maximum Gasteiger partial charge on any atom is 0.333 e. The van der Waals surface area contributed by atoms with Crippen LogP contribution >= 0.6 is 0 Å². The van der Waals surface area contributed by atoms with Gasteiger partial charge in [0.1, 0.15) is 18.5 Å². The zero-order chi connectivity index (χ0) is 26.1. The fraction of sp³-hybridized carbons (Fsp3) is 0.679. The number of carbonyl (C=O) groups is 3. The third kappa shape index (κ3) is 2.59. The first kappa shape index (κ1) is 23.9. The minimum Gasteiger partial charge on any atom is -0.472 e. The van der Waals surface area contributed by atoms with Crippen molar-refractivity contribution < 1.29 is 38.1 Å². The molecule has 8 heteroatoms. The van der Waals surface area contributed by atoms with Crippen LogP contribution < -0.4 is 0 Å². The van der Waals surface area contributed by atoms with Gasteiger partial charge in [-0.15, -0.1) is 0 Å². The summed E-state index contributed by atoms with van der Waals surface area (Å²) in [7, 11) is 0. The zero-order valence-electron chi connectivity index (χ0n) is 21.6. The third-order valence-corrected chi connectivity index (χ3v) is 10.8. The first-order chi connectivity index (χ1) is 16.7. The molecule has 0 aromatic carbocycles.